The zero-order valence-electron chi connectivity index (χ0n) is 19.3. The summed E-state index contributed by atoms with van der Waals surface area (Å²) in [6, 6.07) is 1.31. The van der Waals surface area contributed by atoms with E-state index in [1.807, 2.05) is 0 Å². The first-order chi connectivity index (χ1) is 16.2. The van der Waals surface area contributed by atoms with E-state index in [9.17, 15) is 22.4 Å². The van der Waals surface area contributed by atoms with Gasteiger partial charge in [0.2, 0.25) is 21.8 Å². The lowest BCUT2D eigenvalue weighted by Crippen LogP contribution is -2.57. The molecule has 1 aromatic rings. The number of anilines is 1. The van der Waals surface area contributed by atoms with Crippen molar-refractivity contribution in [1.29, 1.82) is 0 Å². The summed E-state index contributed by atoms with van der Waals surface area (Å²) in [6.45, 7) is 2.56. The number of sulfonamides is 1. The number of nitrogens with zero attached hydrogens (tertiary/aromatic N) is 3. The van der Waals surface area contributed by atoms with Crippen LogP contribution in [-0.2, 0) is 19.6 Å². The van der Waals surface area contributed by atoms with Crippen molar-refractivity contribution in [2.24, 2.45) is 5.73 Å². The highest BCUT2D eigenvalue weighted by Crippen LogP contribution is 2.37. The zero-order chi connectivity index (χ0) is 24.5. The van der Waals surface area contributed by atoms with Crippen LogP contribution in [0, 0.1) is 5.82 Å². The predicted octanol–water partition coefficient (Wildman–Crippen LogP) is 0.263. The van der Waals surface area contributed by atoms with Crippen LogP contribution < -0.4 is 20.1 Å². The van der Waals surface area contributed by atoms with Crippen molar-refractivity contribution in [2.75, 3.05) is 51.3 Å². The third-order valence-electron chi connectivity index (χ3n) is 6.63. The highest BCUT2D eigenvalue weighted by molar-refractivity contribution is 7.89. The first-order valence-corrected chi connectivity index (χ1v) is 13.2. The molecule has 3 N–H and O–H groups in total. The number of carbonyl (C=O) groups excluding carboxylic acids is 2. The Bertz CT molecular complexity index is 1040. The third kappa shape index (κ3) is 5.19. The molecule has 0 bridgehead atoms. The van der Waals surface area contributed by atoms with E-state index in [2.05, 4.69) is 9.62 Å². The van der Waals surface area contributed by atoms with Crippen LogP contribution in [0.2, 0.25) is 0 Å². The van der Waals surface area contributed by atoms with Gasteiger partial charge < -0.3 is 20.3 Å². The zero-order valence-corrected chi connectivity index (χ0v) is 20.2. The number of nitrogens with two attached hydrogens (primary N) is 1. The lowest BCUT2D eigenvalue weighted by molar-refractivity contribution is -0.134. The van der Waals surface area contributed by atoms with Gasteiger partial charge in [-0.05, 0) is 31.7 Å². The molecule has 4 rings (SSSR count). The highest BCUT2D eigenvalue weighted by Gasteiger charge is 2.36. The Morgan fingerprint density at radius 3 is 2.50 bits per heavy atom. The summed E-state index contributed by atoms with van der Waals surface area (Å²) in [6.07, 6.45) is 4.08. The summed E-state index contributed by atoms with van der Waals surface area (Å²) in [7, 11) is -3.15. The van der Waals surface area contributed by atoms with Crippen LogP contribution in [0.3, 0.4) is 0 Å². The number of nitrogens with one attached hydrogen (secondary N) is 1. The summed E-state index contributed by atoms with van der Waals surface area (Å²) in [5.74, 6) is -1.62. The second-order valence-electron chi connectivity index (χ2n) is 8.96. The van der Waals surface area contributed by atoms with Gasteiger partial charge in [-0.15, -0.1) is 0 Å². The molecule has 2 heterocycles. The minimum Gasteiger partial charge on any atom is -0.493 e. The second-order valence-corrected chi connectivity index (χ2v) is 10.6. The Kier molecular flexibility index (Phi) is 7.41. The molecule has 0 aromatic heterocycles. The molecule has 1 aromatic carbocycles. The molecule has 2 amide bonds. The fraction of sp³-hybridized carbons (Fsp3) is 0.636. The molecule has 34 heavy (non-hydrogen) atoms. The molecule has 0 spiro atoms. The molecule has 12 heteroatoms. The normalized spacial score (nSPS) is 21.0. The molecule has 1 atom stereocenters. The van der Waals surface area contributed by atoms with E-state index in [4.69, 9.17) is 10.5 Å². The van der Waals surface area contributed by atoms with Gasteiger partial charge in [0.1, 0.15) is 16.8 Å². The molecular formula is C22H32FN5O5S. The minimum atomic E-state index is -4.40. The first kappa shape index (κ1) is 24.8. The maximum absolute atomic E-state index is 14.5. The van der Waals surface area contributed by atoms with Crippen molar-refractivity contribution in [3.8, 4) is 5.75 Å². The number of methoxy groups -OCH3 is 1. The van der Waals surface area contributed by atoms with Gasteiger partial charge in [0.25, 0.3) is 0 Å². The molecule has 1 saturated carbocycles. The number of amides is 2. The molecule has 1 aliphatic carbocycles. The SMILES string of the molecule is COc1c(N2CCCCC2=O)cc(F)cc1S(=O)(=O)N[C@@H](CN)C(=O)N1CCN(C2CC2)CC1. The number of hydrogen-bond donors (Lipinski definition) is 2. The van der Waals surface area contributed by atoms with Crippen LogP contribution in [0.4, 0.5) is 10.1 Å². The Morgan fingerprint density at radius 1 is 1.21 bits per heavy atom. The van der Waals surface area contributed by atoms with E-state index in [0.29, 0.717) is 32.1 Å². The van der Waals surface area contributed by atoms with E-state index in [-0.39, 0.29) is 30.3 Å². The standard InChI is InChI=1S/C22H32FN5O5S/c1-33-21-18(28-7-3-2-4-20(28)29)12-15(23)13-19(21)34(31,32)25-17(14-24)22(30)27-10-8-26(9-11-27)16-5-6-16/h12-13,16-17,25H,2-11,14,24H2,1H3/t17-/m0/s1. The number of rotatable bonds is 8. The van der Waals surface area contributed by atoms with E-state index < -0.39 is 32.7 Å². The number of piperazine rings is 1. The highest BCUT2D eigenvalue weighted by atomic mass is 32.2. The maximum Gasteiger partial charge on any atom is 0.245 e. The van der Waals surface area contributed by atoms with Gasteiger partial charge in [-0.3, -0.25) is 14.5 Å². The number of ether oxygens (including phenoxy) is 1. The Balaban J connectivity index is 1.55. The van der Waals surface area contributed by atoms with Crippen molar-refractivity contribution in [2.45, 2.75) is 49.1 Å². The quantitative estimate of drug-likeness (QED) is 0.528. The Morgan fingerprint density at radius 2 is 1.91 bits per heavy atom. The van der Waals surface area contributed by atoms with Gasteiger partial charge in [-0.2, -0.15) is 4.72 Å². The van der Waals surface area contributed by atoms with Gasteiger partial charge in [0.15, 0.2) is 5.75 Å². The van der Waals surface area contributed by atoms with Crippen molar-refractivity contribution >= 4 is 27.5 Å². The molecule has 3 aliphatic rings. The van der Waals surface area contributed by atoms with E-state index >= 15 is 0 Å². The van der Waals surface area contributed by atoms with Gasteiger partial charge in [0.05, 0.1) is 12.8 Å². The predicted molar refractivity (Wildman–Crippen MR) is 123 cm³/mol. The molecular weight excluding hydrogens is 465 g/mol. The molecule has 2 aliphatic heterocycles. The van der Waals surface area contributed by atoms with Crippen molar-refractivity contribution in [3.63, 3.8) is 0 Å². The maximum atomic E-state index is 14.5. The van der Waals surface area contributed by atoms with Crippen LogP contribution in [0.5, 0.6) is 5.75 Å². The molecule has 10 nitrogen and oxygen atoms in total. The average Bonchev–Trinajstić information content (AvgIpc) is 3.67. The first-order valence-electron chi connectivity index (χ1n) is 11.7. The molecule has 3 fully saturated rings. The topological polar surface area (TPSA) is 125 Å². The Hall–Kier alpha value is -2.28. The smallest absolute Gasteiger partial charge is 0.245 e. The van der Waals surface area contributed by atoms with Gasteiger partial charge >= 0.3 is 0 Å². The average molecular weight is 498 g/mol. The fourth-order valence-corrected chi connectivity index (χ4v) is 6.04. The van der Waals surface area contributed by atoms with Crippen LogP contribution >= 0.6 is 0 Å². The van der Waals surface area contributed by atoms with Crippen LogP contribution in [-0.4, -0.2) is 88.5 Å². The van der Waals surface area contributed by atoms with Gasteiger partial charge in [-0.25, -0.2) is 12.8 Å². The van der Waals surface area contributed by atoms with Crippen LogP contribution in [0.1, 0.15) is 32.1 Å². The summed E-state index contributed by atoms with van der Waals surface area (Å²) >= 11 is 0. The second kappa shape index (κ2) is 10.1. The fourth-order valence-electron chi connectivity index (χ4n) is 4.64. The number of hydrogen-bond acceptors (Lipinski definition) is 7. The van der Waals surface area contributed by atoms with Crippen molar-refractivity contribution in [3.05, 3.63) is 17.9 Å². The number of benzene rings is 1. The van der Waals surface area contributed by atoms with Crippen molar-refractivity contribution in [1.82, 2.24) is 14.5 Å². The number of halogens is 1. The lowest BCUT2D eigenvalue weighted by atomic mass is 10.1. The van der Waals surface area contributed by atoms with E-state index in [0.717, 1.165) is 31.6 Å². The largest absolute Gasteiger partial charge is 0.493 e. The monoisotopic (exact) mass is 497 g/mol. The molecule has 0 radical (unpaired) electrons. The third-order valence-corrected chi connectivity index (χ3v) is 8.11. The van der Waals surface area contributed by atoms with Gasteiger partial charge in [0, 0.05) is 57.8 Å². The lowest BCUT2D eigenvalue weighted by Gasteiger charge is -2.36. The molecule has 2 saturated heterocycles. The Labute approximate surface area is 199 Å². The number of piperidine rings is 1. The van der Waals surface area contributed by atoms with Crippen molar-refractivity contribution < 1.29 is 27.1 Å². The summed E-state index contributed by atoms with van der Waals surface area (Å²) in [5, 5.41) is 0. The van der Waals surface area contributed by atoms with Crippen LogP contribution in [0.15, 0.2) is 17.0 Å². The minimum absolute atomic E-state index is 0.0550. The molecule has 188 valence electrons. The van der Waals surface area contributed by atoms with Gasteiger partial charge in [-0.1, -0.05) is 0 Å². The summed E-state index contributed by atoms with van der Waals surface area (Å²) in [5.41, 5.74) is 5.83. The summed E-state index contributed by atoms with van der Waals surface area (Å²) < 4.78 is 48.8. The summed E-state index contributed by atoms with van der Waals surface area (Å²) in [4.78, 5) is 30.3. The number of carbonyl (C=O) groups is 2. The molecule has 0 unspecified atom stereocenters. The van der Waals surface area contributed by atoms with Crippen LogP contribution in [0.25, 0.3) is 0 Å². The van der Waals surface area contributed by atoms with E-state index in [1.165, 1.54) is 24.9 Å². The van der Waals surface area contributed by atoms with E-state index in [1.54, 1.807) is 4.90 Å².